The Morgan fingerprint density at radius 1 is 1.70 bits per heavy atom. The van der Waals surface area contributed by atoms with Crippen LogP contribution in [0.5, 0.6) is 0 Å². The Kier molecular flexibility index (Phi) is 2.64. The molecule has 10 heavy (non-hydrogen) atoms. The van der Waals surface area contributed by atoms with E-state index in [0.29, 0.717) is 5.82 Å². The maximum absolute atomic E-state index is 5.47. The van der Waals surface area contributed by atoms with Gasteiger partial charge in [0.1, 0.15) is 0 Å². The van der Waals surface area contributed by atoms with Crippen molar-refractivity contribution in [1.82, 2.24) is 9.97 Å². The molecule has 4 nitrogen and oxygen atoms in total. The smallest absolute Gasteiger partial charge is 0.224 e. The molecule has 0 fully saturated rings. The first-order chi connectivity index (χ1) is 4.74. The second-order valence-electron chi connectivity index (χ2n) is 1.48. The van der Waals surface area contributed by atoms with E-state index in [1.54, 1.807) is 6.20 Å². The first-order valence-corrected chi connectivity index (χ1v) is 3.84. The lowest BCUT2D eigenvalue weighted by Gasteiger charge is -1.99. The molecule has 54 valence electrons. The second-order valence-corrected chi connectivity index (χ2v) is 2.98. The number of nitrogens with two attached hydrogens (primary N) is 1. The summed E-state index contributed by atoms with van der Waals surface area (Å²) in [5.74, 6) is 5.66. The van der Waals surface area contributed by atoms with Gasteiger partial charge in [0.2, 0.25) is 5.28 Å². The van der Waals surface area contributed by atoms with Gasteiger partial charge >= 0.3 is 0 Å². The number of hydrazine groups is 1. The Hall–Kier alpha value is -0.140. The molecule has 1 heterocycles. The summed E-state index contributed by atoms with van der Waals surface area (Å²) >= 11 is 7.53. The van der Waals surface area contributed by atoms with E-state index in [0.717, 1.165) is 3.57 Å². The zero-order valence-electron chi connectivity index (χ0n) is 4.81. The summed E-state index contributed by atoms with van der Waals surface area (Å²) in [6.45, 7) is 0. The molecule has 0 saturated carbocycles. The van der Waals surface area contributed by atoms with Crippen LogP contribution in [0.2, 0.25) is 5.28 Å². The van der Waals surface area contributed by atoms with E-state index in [2.05, 4.69) is 38.0 Å². The van der Waals surface area contributed by atoms with Gasteiger partial charge in [0.25, 0.3) is 0 Å². The number of halogens is 2. The van der Waals surface area contributed by atoms with Gasteiger partial charge in [-0.2, -0.15) is 4.98 Å². The minimum Gasteiger partial charge on any atom is -0.307 e. The fourth-order valence-corrected chi connectivity index (χ4v) is 0.996. The molecule has 0 aliphatic heterocycles. The molecule has 0 aromatic carbocycles. The molecule has 0 atom stereocenters. The highest BCUT2D eigenvalue weighted by molar-refractivity contribution is 14.1. The van der Waals surface area contributed by atoms with Crippen LogP contribution in [0.4, 0.5) is 5.82 Å². The molecule has 3 N–H and O–H groups in total. The highest BCUT2D eigenvalue weighted by atomic mass is 127. The molecule has 0 spiro atoms. The van der Waals surface area contributed by atoms with E-state index >= 15 is 0 Å². The second kappa shape index (κ2) is 3.31. The number of aromatic nitrogens is 2. The Balaban J connectivity index is 3.09. The van der Waals surface area contributed by atoms with E-state index in [9.17, 15) is 0 Å². The van der Waals surface area contributed by atoms with Crippen LogP contribution in [0.25, 0.3) is 0 Å². The number of hydrogen-bond donors (Lipinski definition) is 2. The number of nitrogens with one attached hydrogen (secondary N) is 1. The fourth-order valence-electron chi connectivity index (χ4n) is 0.447. The van der Waals surface area contributed by atoms with Crippen molar-refractivity contribution in [3.8, 4) is 0 Å². The summed E-state index contributed by atoms with van der Waals surface area (Å²) in [5, 5.41) is 0.188. The van der Waals surface area contributed by atoms with Crippen molar-refractivity contribution in [2.45, 2.75) is 0 Å². The van der Waals surface area contributed by atoms with Crippen LogP contribution >= 0.6 is 34.2 Å². The van der Waals surface area contributed by atoms with Gasteiger partial charge in [-0.25, -0.2) is 10.8 Å². The molecule has 1 aromatic heterocycles. The normalized spacial score (nSPS) is 9.50. The van der Waals surface area contributed by atoms with Gasteiger partial charge in [0.05, 0.1) is 3.57 Å². The summed E-state index contributed by atoms with van der Waals surface area (Å²) in [5.41, 5.74) is 2.39. The van der Waals surface area contributed by atoms with Crippen LogP contribution in [0.1, 0.15) is 0 Å². The Bertz CT molecular complexity index is 241. The van der Waals surface area contributed by atoms with Crippen LogP contribution < -0.4 is 11.3 Å². The summed E-state index contributed by atoms with van der Waals surface area (Å²) in [6, 6.07) is 0. The average Bonchev–Trinajstić information content (AvgIpc) is 1.94. The first kappa shape index (κ1) is 7.96. The largest absolute Gasteiger partial charge is 0.307 e. The number of nitrogen functional groups attached to an aromatic ring is 1. The highest BCUT2D eigenvalue weighted by Gasteiger charge is 1.99. The number of nitrogens with zero attached hydrogens (tertiary/aromatic N) is 2. The van der Waals surface area contributed by atoms with Crippen molar-refractivity contribution in [3.63, 3.8) is 0 Å². The van der Waals surface area contributed by atoms with Gasteiger partial charge in [-0.1, -0.05) is 0 Å². The molecule has 1 aromatic rings. The van der Waals surface area contributed by atoms with Gasteiger partial charge in [-0.3, -0.25) is 0 Å². The van der Waals surface area contributed by atoms with E-state index in [-0.39, 0.29) is 5.28 Å². The van der Waals surface area contributed by atoms with Gasteiger partial charge in [0.15, 0.2) is 5.82 Å². The molecule has 0 bridgehead atoms. The lowest BCUT2D eigenvalue weighted by atomic mass is 10.6. The SMILES string of the molecule is NNc1nc(Cl)ncc1I. The van der Waals surface area contributed by atoms with Crippen LogP contribution in [0, 0.1) is 3.57 Å². The zero-order chi connectivity index (χ0) is 7.56. The lowest BCUT2D eigenvalue weighted by Crippen LogP contribution is -2.10. The van der Waals surface area contributed by atoms with Gasteiger partial charge in [-0.15, -0.1) is 0 Å². The monoisotopic (exact) mass is 270 g/mol. The predicted octanol–water partition coefficient (Wildman–Crippen LogP) is 1.02. The Labute approximate surface area is 76.3 Å². The molecule has 0 aliphatic carbocycles. The van der Waals surface area contributed by atoms with Crippen molar-refractivity contribution in [2.24, 2.45) is 5.84 Å². The van der Waals surface area contributed by atoms with Crippen molar-refractivity contribution >= 4 is 40.0 Å². The number of hydrogen-bond acceptors (Lipinski definition) is 4. The number of rotatable bonds is 1. The third kappa shape index (κ3) is 1.68. The Morgan fingerprint density at radius 2 is 2.40 bits per heavy atom. The quantitative estimate of drug-likeness (QED) is 0.346. The van der Waals surface area contributed by atoms with Crippen molar-refractivity contribution in [2.75, 3.05) is 5.43 Å². The van der Waals surface area contributed by atoms with E-state index in [1.165, 1.54) is 0 Å². The Morgan fingerprint density at radius 3 is 2.90 bits per heavy atom. The predicted molar refractivity (Wildman–Crippen MR) is 47.6 cm³/mol. The summed E-state index contributed by atoms with van der Waals surface area (Å²) < 4.78 is 0.838. The summed E-state index contributed by atoms with van der Waals surface area (Å²) in [7, 11) is 0. The van der Waals surface area contributed by atoms with E-state index in [1.807, 2.05) is 0 Å². The van der Waals surface area contributed by atoms with Crippen molar-refractivity contribution < 1.29 is 0 Å². The topological polar surface area (TPSA) is 63.8 Å². The highest BCUT2D eigenvalue weighted by Crippen LogP contribution is 2.14. The maximum atomic E-state index is 5.47. The molecule has 1 rings (SSSR count). The minimum absolute atomic E-state index is 0.188. The standard InChI is InChI=1S/C4H4ClIN4/c5-4-8-1-2(6)3(9-4)10-7/h1H,7H2,(H,8,9,10). The molecular weight excluding hydrogens is 266 g/mol. The fraction of sp³-hybridized carbons (Fsp3) is 0. The molecule has 0 aliphatic rings. The maximum Gasteiger partial charge on any atom is 0.224 e. The lowest BCUT2D eigenvalue weighted by molar-refractivity contribution is 1.12. The van der Waals surface area contributed by atoms with Gasteiger partial charge in [0, 0.05) is 6.20 Å². The van der Waals surface area contributed by atoms with Gasteiger partial charge in [-0.05, 0) is 34.2 Å². The molecule has 0 radical (unpaired) electrons. The van der Waals surface area contributed by atoms with Crippen LogP contribution in [0.3, 0.4) is 0 Å². The molecule has 0 saturated heterocycles. The molecular formula is C4H4ClIN4. The van der Waals surface area contributed by atoms with Crippen LogP contribution in [0.15, 0.2) is 6.20 Å². The third-order valence-electron chi connectivity index (χ3n) is 0.851. The average molecular weight is 270 g/mol. The van der Waals surface area contributed by atoms with Crippen LogP contribution in [-0.2, 0) is 0 Å². The van der Waals surface area contributed by atoms with Gasteiger partial charge < -0.3 is 5.43 Å². The van der Waals surface area contributed by atoms with Crippen molar-refractivity contribution in [1.29, 1.82) is 0 Å². The number of anilines is 1. The first-order valence-electron chi connectivity index (χ1n) is 2.38. The molecule has 6 heteroatoms. The summed E-state index contributed by atoms with van der Waals surface area (Å²) in [6.07, 6.45) is 1.59. The zero-order valence-corrected chi connectivity index (χ0v) is 7.72. The molecule has 0 unspecified atom stereocenters. The van der Waals surface area contributed by atoms with E-state index in [4.69, 9.17) is 17.4 Å². The minimum atomic E-state index is 0.188. The molecule has 0 amide bonds. The van der Waals surface area contributed by atoms with E-state index < -0.39 is 0 Å². The van der Waals surface area contributed by atoms with Crippen LogP contribution in [-0.4, -0.2) is 9.97 Å². The summed E-state index contributed by atoms with van der Waals surface area (Å²) in [4.78, 5) is 7.54. The third-order valence-corrected chi connectivity index (χ3v) is 1.82. The van der Waals surface area contributed by atoms with Crippen molar-refractivity contribution in [3.05, 3.63) is 15.1 Å².